The third kappa shape index (κ3) is 5.37. The first kappa shape index (κ1) is 22.1. The number of carboxylic acids is 1. The van der Waals surface area contributed by atoms with Crippen LogP contribution >= 0.6 is 15.9 Å². The highest BCUT2D eigenvalue weighted by Gasteiger charge is 2.14. The van der Waals surface area contributed by atoms with Gasteiger partial charge in [-0.2, -0.15) is 0 Å². The molecule has 0 saturated heterocycles. The minimum Gasteiger partial charge on any atom is -0.493 e. The summed E-state index contributed by atoms with van der Waals surface area (Å²) in [6.45, 7) is 1.21. The molecule has 0 aliphatic carbocycles. The lowest BCUT2D eigenvalue weighted by Gasteiger charge is -2.14. The van der Waals surface area contributed by atoms with E-state index in [4.69, 9.17) is 14.8 Å². The smallest absolute Gasteiger partial charge is 0.303 e. The molecule has 1 aromatic heterocycles. The van der Waals surface area contributed by atoms with Crippen LogP contribution in [0.3, 0.4) is 0 Å². The molecule has 0 amide bonds. The van der Waals surface area contributed by atoms with Crippen LogP contribution < -0.4 is 4.74 Å². The number of unbranched alkanes of at least 4 members (excludes halogenated alkanes) is 2. The van der Waals surface area contributed by atoms with Gasteiger partial charge in [-0.3, -0.25) is 4.79 Å². The number of carbonyl (C=O) groups is 1. The Morgan fingerprint density at radius 3 is 2.50 bits per heavy atom. The van der Waals surface area contributed by atoms with Crippen molar-refractivity contribution < 1.29 is 14.6 Å². The minimum absolute atomic E-state index is 0.211. The maximum atomic E-state index is 10.6. The number of fused-ring (bicyclic) bond motifs is 1. The third-order valence-corrected chi connectivity index (χ3v) is 5.88. The molecule has 5 nitrogen and oxygen atoms in total. The Labute approximate surface area is 195 Å². The zero-order valence-corrected chi connectivity index (χ0v) is 19.3. The van der Waals surface area contributed by atoms with E-state index in [-0.39, 0.29) is 6.42 Å². The van der Waals surface area contributed by atoms with Gasteiger partial charge in [0.1, 0.15) is 11.6 Å². The van der Waals surface area contributed by atoms with Crippen LogP contribution in [0.5, 0.6) is 5.75 Å². The van der Waals surface area contributed by atoms with E-state index in [1.54, 1.807) is 0 Å². The van der Waals surface area contributed by atoms with Gasteiger partial charge in [-0.25, -0.2) is 4.98 Å². The highest BCUT2D eigenvalue weighted by atomic mass is 79.9. The van der Waals surface area contributed by atoms with Crippen LogP contribution in [-0.2, 0) is 11.3 Å². The number of ether oxygens (including phenoxy) is 1. The monoisotopic (exact) mass is 492 g/mol. The van der Waals surface area contributed by atoms with Crippen molar-refractivity contribution in [2.24, 2.45) is 0 Å². The van der Waals surface area contributed by atoms with Gasteiger partial charge >= 0.3 is 5.97 Å². The highest BCUT2D eigenvalue weighted by molar-refractivity contribution is 9.10. The van der Waals surface area contributed by atoms with Crippen molar-refractivity contribution in [3.8, 4) is 17.1 Å². The van der Waals surface area contributed by atoms with Crippen molar-refractivity contribution in [3.63, 3.8) is 0 Å². The molecule has 32 heavy (non-hydrogen) atoms. The topological polar surface area (TPSA) is 64.3 Å². The van der Waals surface area contributed by atoms with E-state index in [1.165, 1.54) is 0 Å². The van der Waals surface area contributed by atoms with Crippen molar-refractivity contribution in [3.05, 3.63) is 82.8 Å². The first-order chi connectivity index (χ1) is 15.6. The summed E-state index contributed by atoms with van der Waals surface area (Å²) in [6.07, 6.45) is 2.56. The Hall–Kier alpha value is -3.12. The van der Waals surface area contributed by atoms with Crippen molar-refractivity contribution in [1.29, 1.82) is 0 Å². The average Bonchev–Trinajstić information content (AvgIpc) is 3.16. The number of carboxylic acid groups (broad SMARTS) is 1. The Bertz CT molecular complexity index is 1200. The minimum atomic E-state index is -0.745. The van der Waals surface area contributed by atoms with E-state index in [9.17, 15) is 4.79 Å². The lowest BCUT2D eigenvalue weighted by molar-refractivity contribution is -0.137. The van der Waals surface area contributed by atoms with E-state index in [1.807, 2.05) is 48.5 Å². The summed E-state index contributed by atoms with van der Waals surface area (Å²) in [4.78, 5) is 15.6. The van der Waals surface area contributed by atoms with Crippen LogP contribution in [0.25, 0.3) is 22.4 Å². The molecule has 3 aromatic carbocycles. The first-order valence-electron chi connectivity index (χ1n) is 10.8. The van der Waals surface area contributed by atoms with Crippen LogP contribution in [0.2, 0.25) is 0 Å². The lowest BCUT2D eigenvalue weighted by atomic mass is 10.1. The standard InChI is InChI=1S/C26H25BrN2O3/c27-21-15-13-19(14-16-21)26-28-22-9-4-5-10-23(22)29(26)18-20-8-3-6-11-24(20)32-17-7-1-2-12-25(30)31/h3-6,8-11,13-16H,1-2,7,12,17-18H2,(H,30,31). The van der Waals surface area contributed by atoms with Gasteiger partial charge < -0.3 is 14.4 Å². The molecule has 0 aliphatic rings. The number of aliphatic carboxylic acids is 1. The number of rotatable bonds is 10. The summed E-state index contributed by atoms with van der Waals surface area (Å²) < 4.78 is 9.34. The maximum Gasteiger partial charge on any atom is 0.303 e. The molecule has 0 atom stereocenters. The van der Waals surface area contributed by atoms with Crippen molar-refractivity contribution >= 4 is 32.9 Å². The van der Waals surface area contributed by atoms with Crippen molar-refractivity contribution in [2.75, 3.05) is 6.61 Å². The van der Waals surface area contributed by atoms with Gasteiger partial charge in [0.05, 0.1) is 24.2 Å². The molecule has 1 N–H and O–H groups in total. The molecular weight excluding hydrogens is 468 g/mol. The number of hydrogen-bond acceptors (Lipinski definition) is 3. The third-order valence-electron chi connectivity index (χ3n) is 5.35. The molecule has 0 bridgehead atoms. The Morgan fingerprint density at radius 1 is 0.938 bits per heavy atom. The van der Waals surface area contributed by atoms with Crippen LogP contribution in [0, 0.1) is 0 Å². The Balaban J connectivity index is 1.57. The second kappa shape index (κ2) is 10.5. The number of aromatic nitrogens is 2. The predicted molar refractivity (Wildman–Crippen MR) is 130 cm³/mol. The van der Waals surface area contributed by atoms with E-state index >= 15 is 0 Å². The maximum absolute atomic E-state index is 10.6. The van der Waals surface area contributed by atoms with Gasteiger partial charge in [0, 0.05) is 22.0 Å². The average molecular weight is 493 g/mol. The van der Waals surface area contributed by atoms with Crippen molar-refractivity contribution in [1.82, 2.24) is 9.55 Å². The van der Waals surface area contributed by atoms with Crippen LogP contribution in [-0.4, -0.2) is 27.2 Å². The predicted octanol–water partition coefficient (Wildman–Crippen LogP) is 6.54. The SMILES string of the molecule is O=C(O)CCCCCOc1ccccc1Cn1c(-c2ccc(Br)cc2)nc2ccccc21. The van der Waals surface area contributed by atoms with Crippen LogP contribution in [0.15, 0.2) is 77.3 Å². The number of nitrogens with zero attached hydrogens (tertiary/aromatic N) is 2. The fraction of sp³-hybridized carbons (Fsp3) is 0.231. The number of hydrogen-bond donors (Lipinski definition) is 1. The largest absolute Gasteiger partial charge is 0.493 e. The molecular formula is C26H25BrN2O3. The van der Waals surface area contributed by atoms with Crippen LogP contribution in [0.4, 0.5) is 0 Å². The highest BCUT2D eigenvalue weighted by Crippen LogP contribution is 2.29. The van der Waals surface area contributed by atoms with Gasteiger partial charge in [-0.15, -0.1) is 0 Å². The molecule has 0 saturated carbocycles. The fourth-order valence-corrected chi connectivity index (χ4v) is 4.00. The zero-order chi connectivity index (χ0) is 22.3. The molecule has 1 heterocycles. The number of benzene rings is 3. The van der Waals surface area contributed by atoms with E-state index < -0.39 is 5.97 Å². The van der Waals surface area contributed by atoms with Gasteiger partial charge in [-0.1, -0.05) is 58.4 Å². The molecule has 0 spiro atoms. The van der Waals surface area contributed by atoms with E-state index in [2.05, 4.69) is 44.8 Å². The summed E-state index contributed by atoms with van der Waals surface area (Å²) in [6, 6.07) is 24.4. The summed E-state index contributed by atoms with van der Waals surface area (Å²) in [5.41, 5.74) is 4.18. The van der Waals surface area contributed by atoms with Gasteiger partial charge in [0.15, 0.2) is 0 Å². The summed E-state index contributed by atoms with van der Waals surface area (Å²) in [5.74, 6) is 1.03. The quantitative estimate of drug-likeness (QED) is 0.255. The first-order valence-corrected chi connectivity index (χ1v) is 11.5. The van der Waals surface area contributed by atoms with Gasteiger partial charge in [0.2, 0.25) is 0 Å². The van der Waals surface area contributed by atoms with Gasteiger partial charge in [0.25, 0.3) is 0 Å². The molecule has 4 aromatic rings. The lowest BCUT2D eigenvalue weighted by Crippen LogP contribution is -2.06. The summed E-state index contributed by atoms with van der Waals surface area (Å²) >= 11 is 3.51. The normalized spacial score (nSPS) is 11.0. The van der Waals surface area contributed by atoms with Crippen LogP contribution in [0.1, 0.15) is 31.2 Å². The number of halogens is 1. The number of para-hydroxylation sites is 3. The molecule has 4 rings (SSSR count). The summed E-state index contributed by atoms with van der Waals surface area (Å²) in [7, 11) is 0. The molecule has 0 radical (unpaired) electrons. The summed E-state index contributed by atoms with van der Waals surface area (Å²) in [5, 5.41) is 8.76. The Kier molecular flexibility index (Phi) is 7.22. The van der Waals surface area contributed by atoms with Gasteiger partial charge in [-0.05, 0) is 49.6 Å². The van der Waals surface area contributed by atoms with E-state index in [0.29, 0.717) is 19.6 Å². The fourth-order valence-electron chi connectivity index (χ4n) is 3.74. The second-order valence-corrected chi connectivity index (χ2v) is 8.59. The molecule has 6 heteroatoms. The molecule has 0 unspecified atom stereocenters. The molecule has 0 fully saturated rings. The number of imidazole rings is 1. The molecule has 164 valence electrons. The van der Waals surface area contributed by atoms with E-state index in [0.717, 1.165) is 51.0 Å². The Morgan fingerprint density at radius 2 is 1.69 bits per heavy atom. The molecule has 0 aliphatic heterocycles. The zero-order valence-electron chi connectivity index (χ0n) is 17.7. The van der Waals surface area contributed by atoms with Crippen molar-refractivity contribution in [2.45, 2.75) is 32.2 Å². The second-order valence-electron chi connectivity index (χ2n) is 7.68.